The van der Waals surface area contributed by atoms with Gasteiger partial charge in [0.15, 0.2) is 11.3 Å². The smallest absolute Gasteiger partial charge is 0.416 e. The fourth-order valence-corrected chi connectivity index (χ4v) is 4.40. The molecule has 0 aliphatic carbocycles. The average molecular weight is 541 g/mol. The van der Waals surface area contributed by atoms with Crippen LogP contribution in [-0.2, 0) is 4.74 Å². The predicted octanol–water partition coefficient (Wildman–Crippen LogP) is 5.62. The maximum Gasteiger partial charge on any atom is 0.416 e. The number of amides is 2. The Hall–Kier alpha value is -5.31. The van der Waals surface area contributed by atoms with Gasteiger partial charge in [-0.15, -0.1) is 0 Å². The Morgan fingerprint density at radius 2 is 2.00 bits per heavy atom. The molecule has 2 amide bonds. The first-order valence-electron chi connectivity index (χ1n) is 12.4. The van der Waals surface area contributed by atoms with Crippen LogP contribution in [0.25, 0.3) is 27.4 Å². The van der Waals surface area contributed by atoms with E-state index in [1.54, 1.807) is 37.3 Å². The molecule has 1 aliphatic heterocycles. The summed E-state index contributed by atoms with van der Waals surface area (Å²) in [7, 11) is 0. The van der Waals surface area contributed by atoms with Gasteiger partial charge in [-0.2, -0.15) is 0 Å². The van der Waals surface area contributed by atoms with E-state index in [2.05, 4.69) is 20.1 Å². The summed E-state index contributed by atoms with van der Waals surface area (Å²) in [5, 5.41) is 13.6. The molecule has 1 saturated heterocycles. The number of hydrogen-bond donors (Lipinski definition) is 1. The minimum Gasteiger partial charge on any atom is -0.439 e. The number of anilines is 1. The van der Waals surface area contributed by atoms with Gasteiger partial charge in [0.25, 0.3) is 11.6 Å². The fourth-order valence-electron chi connectivity index (χ4n) is 4.40. The molecule has 5 rings (SSSR count). The van der Waals surface area contributed by atoms with E-state index in [-0.39, 0.29) is 36.4 Å². The number of ether oxygens (including phenoxy) is 1. The molecule has 1 aliphatic rings. The number of nitrogens with one attached hydrogen (secondary N) is 1. The van der Waals surface area contributed by atoms with Gasteiger partial charge in [0.05, 0.1) is 30.1 Å². The molecular formula is C28H24N6O6. The predicted molar refractivity (Wildman–Crippen MR) is 145 cm³/mol. The maximum absolute atomic E-state index is 12.8. The summed E-state index contributed by atoms with van der Waals surface area (Å²) in [6.07, 6.45) is 0.406. The number of pyridine rings is 1. The summed E-state index contributed by atoms with van der Waals surface area (Å²) in [4.78, 5) is 48.9. The molecule has 12 heteroatoms. The number of fused-ring (bicyclic) bond motifs is 1. The van der Waals surface area contributed by atoms with Gasteiger partial charge in [0, 0.05) is 17.2 Å². The van der Waals surface area contributed by atoms with Crippen LogP contribution in [0, 0.1) is 16.7 Å². The Kier molecular flexibility index (Phi) is 6.64. The number of cyclic esters (lactones) is 1. The number of aromatic nitrogens is 2. The Balaban J connectivity index is 1.26. The van der Waals surface area contributed by atoms with E-state index in [9.17, 15) is 19.7 Å². The Bertz CT molecular complexity index is 1670. The van der Waals surface area contributed by atoms with Gasteiger partial charge in [0.2, 0.25) is 5.89 Å². The van der Waals surface area contributed by atoms with Crippen LogP contribution >= 0.6 is 0 Å². The SMILES string of the molecule is [C-]#[N+]c1cc(C(C)C)c2oc(-c3ccc(C(=O)NCC4(C)CN(c5ccc([N+](=O)[O-])cn5)C(=O)O4)cc3)nc2c1. The van der Waals surface area contributed by atoms with Crippen molar-refractivity contribution < 1.29 is 23.7 Å². The number of rotatable bonds is 7. The molecule has 3 heterocycles. The highest BCUT2D eigenvalue weighted by Gasteiger charge is 2.43. The quantitative estimate of drug-likeness (QED) is 0.181. The first kappa shape index (κ1) is 26.3. The third-order valence-electron chi connectivity index (χ3n) is 6.54. The maximum atomic E-state index is 12.8. The first-order chi connectivity index (χ1) is 19.1. The van der Waals surface area contributed by atoms with Crippen molar-refractivity contribution in [3.8, 4) is 11.5 Å². The molecule has 12 nitrogen and oxygen atoms in total. The van der Waals surface area contributed by atoms with Gasteiger partial charge < -0.3 is 14.5 Å². The molecule has 2 aromatic heterocycles. The Morgan fingerprint density at radius 3 is 2.62 bits per heavy atom. The Morgan fingerprint density at radius 1 is 1.25 bits per heavy atom. The number of hydrogen-bond acceptors (Lipinski definition) is 8. The van der Waals surface area contributed by atoms with Gasteiger partial charge in [0.1, 0.15) is 17.6 Å². The van der Waals surface area contributed by atoms with E-state index in [0.29, 0.717) is 33.8 Å². The summed E-state index contributed by atoms with van der Waals surface area (Å²) in [6.45, 7) is 13.2. The summed E-state index contributed by atoms with van der Waals surface area (Å²) < 4.78 is 11.5. The summed E-state index contributed by atoms with van der Waals surface area (Å²) in [6, 6.07) is 12.9. The van der Waals surface area contributed by atoms with Crippen molar-refractivity contribution in [2.75, 3.05) is 18.0 Å². The number of benzene rings is 2. The molecular weight excluding hydrogens is 516 g/mol. The minimum absolute atomic E-state index is 0.0370. The van der Waals surface area contributed by atoms with E-state index in [1.807, 2.05) is 19.9 Å². The largest absolute Gasteiger partial charge is 0.439 e. The lowest BCUT2D eigenvalue weighted by Gasteiger charge is -2.22. The zero-order valence-corrected chi connectivity index (χ0v) is 21.9. The first-order valence-corrected chi connectivity index (χ1v) is 12.4. The second kappa shape index (κ2) is 10.1. The van der Waals surface area contributed by atoms with Gasteiger partial charge >= 0.3 is 6.09 Å². The van der Waals surface area contributed by atoms with Crippen molar-refractivity contribution in [2.24, 2.45) is 0 Å². The van der Waals surface area contributed by atoms with E-state index in [0.717, 1.165) is 11.8 Å². The third-order valence-corrected chi connectivity index (χ3v) is 6.54. The van der Waals surface area contributed by atoms with Crippen LogP contribution in [-0.4, -0.2) is 45.6 Å². The van der Waals surface area contributed by atoms with E-state index in [4.69, 9.17) is 15.7 Å². The van der Waals surface area contributed by atoms with Gasteiger partial charge in [-0.3, -0.25) is 19.8 Å². The molecule has 0 saturated carbocycles. The number of nitro groups is 1. The monoisotopic (exact) mass is 540 g/mol. The third kappa shape index (κ3) is 5.04. The van der Waals surface area contributed by atoms with Crippen LogP contribution in [0.3, 0.4) is 0 Å². The molecule has 2 aromatic carbocycles. The molecule has 1 unspecified atom stereocenters. The molecule has 4 aromatic rings. The zero-order chi connectivity index (χ0) is 28.6. The van der Waals surface area contributed by atoms with Crippen LogP contribution in [0.5, 0.6) is 0 Å². The molecule has 202 valence electrons. The normalized spacial score (nSPS) is 16.7. The van der Waals surface area contributed by atoms with Crippen molar-refractivity contribution in [1.82, 2.24) is 15.3 Å². The van der Waals surface area contributed by atoms with Crippen LogP contribution in [0.4, 0.5) is 22.0 Å². The van der Waals surface area contributed by atoms with Gasteiger partial charge in [-0.25, -0.2) is 19.6 Å². The molecule has 1 fully saturated rings. The van der Waals surface area contributed by atoms with Crippen LogP contribution in [0.15, 0.2) is 59.1 Å². The molecule has 0 spiro atoms. The number of nitrogens with zero attached hydrogens (tertiary/aromatic N) is 5. The summed E-state index contributed by atoms with van der Waals surface area (Å²) in [5.74, 6) is 0.384. The Labute approximate surface area is 228 Å². The van der Waals surface area contributed by atoms with Crippen molar-refractivity contribution >= 4 is 40.3 Å². The lowest BCUT2D eigenvalue weighted by molar-refractivity contribution is -0.385. The van der Waals surface area contributed by atoms with Crippen molar-refractivity contribution in [1.29, 1.82) is 0 Å². The lowest BCUT2D eigenvalue weighted by Crippen LogP contribution is -2.43. The molecule has 1 N–H and O–H groups in total. The fraction of sp³-hybridized carbons (Fsp3) is 0.250. The number of carbonyl (C=O) groups is 2. The average Bonchev–Trinajstić information content (AvgIpc) is 3.51. The topological polar surface area (TPSA) is 145 Å². The van der Waals surface area contributed by atoms with Crippen molar-refractivity contribution in [2.45, 2.75) is 32.3 Å². The lowest BCUT2D eigenvalue weighted by atomic mass is 10.0. The van der Waals surface area contributed by atoms with E-state index >= 15 is 0 Å². The van der Waals surface area contributed by atoms with Crippen LogP contribution in [0.1, 0.15) is 42.6 Å². The van der Waals surface area contributed by atoms with Crippen LogP contribution in [0.2, 0.25) is 0 Å². The molecule has 0 radical (unpaired) electrons. The highest BCUT2D eigenvalue weighted by Crippen LogP contribution is 2.34. The van der Waals surface area contributed by atoms with Crippen molar-refractivity contribution in [3.05, 3.63) is 87.4 Å². The van der Waals surface area contributed by atoms with Crippen molar-refractivity contribution in [3.63, 3.8) is 0 Å². The van der Waals surface area contributed by atoms with Gasteiger partial charge in [-0.1, -0.05) is 13.8 Å². The van der Waals surface area contributed by atoms with Crippen LogP contribution < -0.4 is 10.2 Å². The molecule has 0 bridgehead atoms. The molecule has 1 atom stereocenters. The van der Waals surface area contributed by atoms with E-state index in [1.165, 1.54) is 17.0 Å². The van der Waals surface area contributed by atoms with E-state index < -0.39 is 16.6 Å². The zero-order valence-electron chi connectivity index (χ0n) is 21.9. The summed E-state index contributed by atoms with van der Waals surface area (Å²) in [5.41, 5.74) is 2.48. The minimum atomic E-state index is -1.04. The summed E-state index contributed by atoms with van der Waals surface area (Å²) >= 11 is 0. The standard InChI is InChI=1S/C28H24N6O6/c1-16(2)21-11-19(29-4)12-22-24(21)39-26(32-22)18-7-5-17(6-8-18)25(35)31-14-28(3)15-33(27(36)40-28)23-10-9-20(13-30-23)34(37)38/h5-13,16H,14-15H2,1-3H3,(H,31,35). The molecule has 40 heavy (non-hydrogen) atoms. The number of oxazole rings is 1. The number of carbonyl (C=O) groups excluding carboxylic acids is 2. The second-order valence-electron chi connectivity index (χ2n) is 9.96. The second-order valence-corrected chi connectivity index (χ2v) is 9.96. The highest BCUT2D eigenvalue weighted by molar-refractivity contribution is 5.95. The van der Waals surface area contributed by atoms with Gasteiger partial charge in [-0.05, 0) is 60.9 Å². The highest BCUT2D eigenvalue weighted by atomic mass is 16.6.